The summed E-state index contributed by atoms with van der Waals surface area (Å²) in [5.74, 6) is 0. The second-order valence-electron chi connectivity index (χ2n) is 5.88. The van der Waals surface area contributed by atoms with Gasteiger partial charge in [-0.2, -0.15) is 18.4 Å². The number of hydrazone groups is 1. The van der Waals surface area contributed by atoms with E-state index in [1.807, 2.05) is 32.0 Å². The molecule has 0 saturated heterocycles. The summed E-state index contributed by atoms with van der Waals surface area (Å²) in [5.41, 5.74) is 2.27. The normalized spacial score (nSPS) is 12.8. The van der Waals surface area contributed by atoms with Crippen LogP contribution in [0.4, 0.5) is 0 Å². The molecule has 0 atom stereocenters. The fourth-order valence-corrected chi connectivity index (χ4v) is 3.14. The largest absolute Gasteiger partial charge is 0.411 e. The van der Waals surface area contributed by atoms with Crippen LogP contribution in [0.2, 0.25) is 0 Å². The zero-order valence-electron chi connectivity index (χ0n) is 14.9. The molecule has 0 aliphatic carbocycles. The first-order valence-electron chi connectivity index (χ1n) is 8.41. The maximum absolute atomic E-state index is 12.5. The Morgan fingerprint density at radius 1 is 1.08 bits per heavy atom. The number of sulfonamides is 1. The number of hydrogen-bond acceptors (Lipinski definition) is 5. The maximum atomic E-state index is 12.5. The minimum absolute atomic E-state index is 0.121. The third-order valence-electron chi connectivity index (χ3n) is 3.82. The maximum Gasteiger partial charge on any atom is 0.276 e. The smallest absolute Gasteiger partial charge is 0.276 e. The van der Waals surface area contributed by atoms with Crippen molar-refractivity contribution in [2.24, 2.45) is 10.3 Å². The Kier molecular flexibility index (Phi) is 6.91. The van der Waals surface area contributed by atoms with Crippen molar-refractivity contribution >= 4 is 21.4 Å². The Labute approximate surface area is 154 Å². The van der Waals surface area contributed by atoms with E-state index in [2.05, 4.69) is 15.1 Å². The van der Waals surface area contributed by atoms with Crippen LogP contribution < -0.4 is 4.83 Å². The van der Waals surface area contributed by atoms with E-state index < -0.39 is 10.0 Å². The van der Waals surface area contributed by atoms with Crippen molar-refractivity contribution in [3.63, 3.8) is 0 Å². The molecule has 138 valence electrons. The quantitative estimate of drug-likeness (QED) is 0.420. The van der Waals surface area contributed by atoms with Crippen LogP contribution in [0, 0.1) is 6.92 Å². The molecule has 2 rings (SSSR count). The van der Waals surface area contributed by atoms with Gasteiger partial charge in [-0.05, 0) is 31.9 Å². The highest BCUT2D eigenvalue weighted by molar-refractivity contribution is 7.89. The summed E-state index contributed by atoms with van der Waals surface area (Å²) in [6.07, 6.45) is 2.21. The Morgan fingerprint density at radius 2 is 1.73 bits per heavy atom. The van der Waals surface area contributed by atoms with Crippen molar-refractivity contribution in [1.82, 2.24) is 4.83 Å². The standard InChI is InChI=1S/C19H23N3O3S/c1-3-4-10-18(21-23)19(16-8-6-5-7-9-16)20-22-26(24,25)17-13-11-15(2)12-14-17/h5-9,11-14,22-23H,3-4,10H2,1-2H3/b20-19-,21-18+. The monoisotopic (exact) mass is 373 g/mol. The molecule has 26 heavy (non-hydrogen) atoms. The minimum atomic E-state index is -3.82. The lowest BCUT2D eigenvalue weighted by Crippen LogP contribution is -2.24. The predicted octanol–water partition coefficient (Wildman–Crippen LogP) is 3.70. The number of unbranched alkanes of at least 4 members (excludes halogenated alkanes) is 1. The van der Waals surface area contributed by atoms with Gasteiger partial charge < -0.3 is 5.21 Å². The van der Waals surface area contributed by atoms with Gasteiger partial charge in [0.25, 0.3) is 10.0 Å². The van der Waals surface area contributed by atoms with Crippen molar-refractivity contribution < 1.29 is 13.6 Å². The summed E-state index contributed by atoms with van der Waals surface area (Å²) in [6, 6.07) is 15.5. The highest BCUT2D eigenvalue weighted by Gasteiger charge is 2.16. The zero-order valence-corrected chi connectivity index (χ0v) is 15.7. The van der Waals surface area contributed by atoms with Crippen molar-refractivity contribution in [2.75, 3.05) is 0 Å². The van der Waals surface area contributed by atoms with E-state index in [-0.39, 0.29) is 4.90 Å². The van der Waals surface area contributed by atoms with Crippen LogP contribution in [0.15, 0.2) is 69.7 Å². The van der Waals surface area contributed by atoms with Crippen molar-refractivity contribution in [3.8, 4) is 0 Å². The molecule has 2 N–H and O–H groups in total. The van der Waals surface area contributed by atoms with Crippen molar-refractivity contribution in [1.29, 1.82) is 0 Å². The van der Waals surface area contributed by atoms with Gasteiger partial charge in [0.15, 0.2) is 0 Å². The van der Waals surface area contributed by atoms with E-state index in [1.165, 1.54) is 12.1 Å². The molecule has 0 unspecified atom stereocenters. The van der Waals surface area contributed by atoms with E-state index in [0.717, 1.165) is 18.4 Å². The lowest BCUT2D eigenvalue weighted by Gasteiger charge is -2.10. The number of rotatable bonds is 8. The summed E-state index contributed by atoms with van der Waals surface area (Å²) >= 11 is 0. The molecule has 0 aliphatic rings. The summed E-state index contributed by atoms with van der Waals surface area (Å²) in [6.45, 7) is 3.90. The molecule has 7 heteroatoms. The van der Waals surface area contributed by atoms with E-state index in [4.69, 9.17) is 0 Å². The molecule has 0 heterocycles. The van der Waals surface area contributed by atoms with Gasteiger partial charge in [-0.1, -0.05) is 66.5 Å². The topological polar surface area (TPSA) is 91.1 Å². The Balaban J connectivity index is 2.37. The highest BCUT2D eigenvalue weighted by Crippen LogP contribution is 2.12. The van der Waals surface area contributed by atoms with Gasteiger partial charge in [0.2, 0.25) is 0 Å². The van der Waals surface area contributed by atoms with E-state index in [9.17, 15) is 13.6 Å². The second kappa shape index (κ2) is 9.15. The number of nitrogens with one attached hydrogen (secondary N) is 1. The molecule has 2 aromatic carbocycles. The Morgan fingerprint density at radius 3 is 2.31 bits per heavy atom. The van der Waals surface area contributed by atoms with Gasteiger partial charge in [-0.3, -0.25) is 0 Å². The van der Waals surface area contributed by atoms with Crippen LogP contribution in [0.3, 0.4) is 0 Å². The number of oxime groups is 1. The van der Waals surface area contributed by atoms with Gasteiger partial charge in [-0.15, -0.1) is 0 Å². The Bertz CT molecular complexity index is 874. The first kappa shape index (κ1) is 19.7. The Hall–Kier alpha value is -2.67. The summed E-state index contributed by atoms with van der Waals surface area (Å²) in [5, 5.41) is 16.8. The van der Waals surface area contributed by atoms with Crippen molar-refractivity contribution in [3.05, 3.63) is 65.7 Å². The van der Waals surface area contributed by atoms with E-state index >= 15 is 0 Å². The zero-order chi connectivity index (χ0) is 19.0. The fraction of sp³-hybridized carbons (Fsp3) is 0.263. The van der Waals surface area contributed by atoms with Gasteiger partial charge in [-0.25, -0.2) is 0 Å². The van der Waals surface area contributed by atoms with E-state index in [1.54, 1.807) is 24.3 Å². The van der Waals surface area contributed by atoms with Gasteiger partial charge in [0, 0.05) is 5.56 Å². The van der Waals surface area contributed by atoms with Crippen LogP contribution in [-0.2, 0) is 10.0 Å². The average molecular weight is 373 g/mol. The summed E-state index contributed by atoms with van der Waals surface area (Å²) in [4.78, 5) is 2.37. The van der Waals surface area contributed by atoms with Crippen LogP contribution >= 0.6 is 0 Å². The first-order chi connectivity index (χ1) is 12.5. The van der Waals surface area contributed by atoms with Crippen LogP contribution in [0.25, 0.3) is 0 Å². The molecular weight excluding hydrogens is 350 g/mol. The third kappa shape index (κ3) is 5.16. The predicted molar refractivity (Wildman–Crippen MR) is 103 cm³/mol. The minimum Gasteiger partial charge on any atom is -0.411 e. The molecule has 0 spiro atoms. The number of benzene rings is 2. The molecule has 0 aliphatic heterocycles. The SMILES string of the molecule is CCCCC(=N\O)/C(=N\NS(=O)(=O)c1ccc(C)cc1)c1ccccc1. The number of hydrogen-bond donors (Lipinski definition) is 2. The highest BCUT2D eigenvalue weighted by atomic mass is 32.2. The summed E-state index contributed by atoms with van der Waals surface area (Å²) in [7, 11) is -3.82. The van der Waals surface area contributed by atoms with Crippen LogP contribution in [-0.4, -0.2) is 25.0 Å². The molecule has 0 aromatic heterocycles. The molecular formula is C19H23N3O3S. The lowest BCUT2D eigenvalue weighted by atomic mass is 10.0. The van der Waals surface area contributed by atoms with E-state index in [0.29, 0.717) is 23.4 Å². The van der Waals surface area contributed by atoms with Crippen LogP contribution in [0.5, 0.6) is 0 Å². The first-order valence-corrected chi connectivity index (χ1v) is 9.89. The van der Waals surface area contributed by atoms with Gasteiger partial charge in [0.05, 0.1) is 4.90 Å². The van der Waals surface area contributed by atoms with Crippen LogP contribution in [0.1, 0.15) is 37.3 Å². The number of nitrogens with zero attached hydrogens (tertiary/aromatic N) is 2. The average Bonchev–Trinajstić information content (AvgIpc) is 2.65. The number of aryl methyl sites for hydroxylation is 1. The fourth-order valence-electron chi connectivity index (χ4n) is 2.33. The third-order valence-corrected chi connectivity index (χ3v) is 5.04. The molecule has 0 fully saturated rings. The molecule has 0 radical (unpaired) electrons. The summed E-state index contributed by atoms with van der Waals surface area (Å²) < 4.78 is 25.0. The molecule has 0 saturated carbocycles. The molecule has 2 aromatic rings. The van der Waals surface area contributed by atoms with Crippen molar-refractivity contribution in [2.45, 2.75) is 38.0 Å². The van der Waals surface area contributed by atoms with Gasteiger partial charge in [0.1, 0.15) is 11.4 Å². The lowest BCUT2D eigenvalue weighted by molar-refractivity contribution is 0.318. The van der Waals surface area contributed by atoms with Gasteiger partial charge >= 0.3 is 0 Å². The molecule has 6 nitrogen and oxygen atoms in total. The second-order valence-corrected chi connectivity index (χ2v) is 7.55. The molecule has 0 amide bonds. The molecule has 0 bridgehead atoms.